The van der Waals surface area contributed by atoms with Gasteiger partial charge in [-0.3, -0.25) is 4.79 Å². The van der Waals surface area contributed by atoms with Crippen LogP contribution in [0.1, 0.15) is 31.0 Å². The molecule has 0 aromatic carbocycles. The van der Waals surface area contributed by atoms with E-state index in [4.69, 9.17) is 5.26 Å². The molecule has 0 aliphatic rings. The Kier molecular flexibility index (Phi) is 2.33. The molecule has 0 saturated carbocycles. The van der Waals surface area contributed by atoms with Gasteiger partial charge in [-0.25, -0.2) is 0 Å². The minimum Gasteiger partial charge on any atom is -0.349 e. The van der Waals surface area contributed by atoms with E-state index in [0.717, 1.165) is 10.5 Å². The topological polar surface area (TPSA) is 56.6 Å². The molecule has 1 N–H and O–H groups in total. The number of hydrogen-bond acceptors (Lipinski definition) is 3. The molecular weight excluding hydrogens is 208 g/mol. The monoisotopic (exact) mass is 218 g/mol. The van der Waals surface area contributed by atoms with Gasteiger partial charge < -0.3 is 4.98 Å². The van der Waals surface area contributed by atoms with Crippen molar-refractivity contribution in [3.63, 3.8) is 0 Å². The quantitative estimate of drug-likeness (QED) is 0.799. The fourth-order valence-electron chi connectivity index (χ4n) is 1.57. The van der Waals surface area contributed by atoms with Crippen LogP contribution >= 0.6 is 11.3 Å². The van der Waals surface area contributed by atoms with Crippen LogP contribution in [-0.4, -0.2) is 4.98 Å². The van der Waals surface area contributed by atoms with E-state index in [1.54, 1.807) is 6.07 Å². The highest BCUT2D eigenvalue weighted by Crippen LogP contribution is 2.21. The van der Waals surface area contributed by atoms with E-state index in [1.807, 2.05) is 25.3 Å². The summed E-state index contributed by atoms with van der Waals surface area (Å²) in [7, 11) is 0. The van der Waals surface area contributed by atoms with Crippen LogP contribution in [0.4, 0.5) is 0 Å². The average Bonchev–Trinajstić information content (AvgIpc) is 2.65. The maximum absolute atomic E-state index is 11.9. The number of nitriles is 1. The number of pyridine rings is 1. The first-order chi connectivity index (χ1) is 7.15. The molecule has 0 bridgehead atoms. The SMILES string of the molecule is CC(C)c1[nH]c2sccc2c(=O)c1C#N. The van der Waals surface area contributed by atoms with Gasteiger partial charge in [0.25, 0.3) is 0 Å². The van der Waals surface area contributed by atoms with Crippen LogP contribution in [-0.2, 0) is 0 Å². The first-order valence-corrected chi connectivity index (χ1v) is 5.56. The van der Waals surface area contributed by atoms with Gasteiger partial charge >= 0.3 is 0 Å². The van der Waals surface area contributed by atoms with Crippen LogP contribution in [0.5, 0.6) is 0 Å². The summed E-state index contributed by atoms with van der Waals surface area (Å²) in [6.07, 6.45) is 0. The van der Waals surface area contributed by atoms with Crippen molar-refractivity contribution in [3.05, 3.63) is 32.9 Å². The highest BCUT2D eigenvalue weighted by molar-refractivity contribution is 7.16. The third-order valence-corrected chi connectivity index (χ3v) is 3.17. The summed E-state index contributed by atoms with van der Waals surface area (Å²) >= 11 is 1.49. The molecule has 0 spiro atoms. The van der Waals surface area contributed by atoms with Crippen molar-refractivity contribution in [3.8, 4) is 6.07 Å². The van der Waals surface area contributed by atoms with Crippen LogP contribution in [0.25, 0.3) is 10.2 Å². The smallest absolute Gasteiger partial charge is 0.208 e. The number of fused-ring (bicyclic) bond motifs is 1. The van der Waals surface area contributed by atoms with E-state index in [2.05, 4.69) is 4.98 Å². The zero-order valence-corrected chi connectivity index (χ0v) is 9.31. The van der Waals surface area contributed by atoms with Crippen LogP contribution in [0.15, 0.2) is 16.2 Å². The van der Waals surface area contributed by atoms with Gasteiger partial charge in [0.15, 0.2) is 0 Å². The molecule has 2 rings (SSSR count). The van der Waals surface area contributed by atoms with E-state index < -0.39 is 0 Å². The van der Waals surface area contributed by atoms with Gasteiger partial charge in [-0.15, -0.1) is 11.3 Å². The summed E-state index contributed by atoms with van der Waals surface area (Å²) in [5, 5.41) is 11.4. The molecule has 0 fully saturated rings. The van der Waals surface area contributed by atoms with E-state index >= 15 is 0 Å². The molecule has 15 heavy (non-hydrogen) atoms. The maximum atomic E-state index is 11.9. The average molecular weight is 218 g/mol. The van der Waals surface area contributed by atoms with Gasteiger partial charge in [0, 0.05) is 5.69 Å². The number of nitrogens with one attached hydrogen (secondary N) is 1. The lowest BCUT2D eigenvalue weighted by Crippen LogP contribution is -2.12. The summed E-state index contributed by atoms with van der Waals surface area (Å²) in [6.45, 7) is 3.93. The minimum absolute atomic E-state index is 0.152. The summed E-state index contributed by atoms with van der Waals surface area (Å²) in [4.78, 5) is 15.9. The van der Waals surface area contributed by atoms with Crippen molar-refractivity contribution in [1.29, 1.82) is 5.26 Å². The molecule has 0 atom stereocenters. The number of H-pyrrole nitrogens is 1. The lowest BCUT2D eigenvalue weighted by atomic mass is 10.0. The molecule has 2 aromatic heterocycles. The highest BCUT2D eigenvalue weighted by atomic mass is 32.1. The van der Waals surface area contributed by atoms with E-state index in [1.165, 1.54) is 11.3 Å². The Balaban J connectivity index is 2.93. The van der Waals surface area contributed by atoms with Crippen molar-refractivity contribution in [2.75, 3.05) is 0 Å². The largest absolute Gasteiger partial charge is 0.349 e. The Morgan fingerprint density at radius 3 is 2.87 bits per heavy atom. The molecule has 0 unspecified atom stereocenters. The summed E-state index contributed by atoms with van der Waals surface area (Å²) in [5.74, 6) is 0.152. The molecule has 0 saturated heterocycles. The fourth-order valence-corrected chi connectivity index (χ4v) is 2.37. The number of thiophene rings is 1. The van der Waals surface area contributed by atoms with Gasteiger partial charge in [0.05, 0.1) is 5.39 Å². The first-order valence-electron chi connectivity index (χ1n) is 4.68. The van der Waals surface area contributed by atoms with Crippen molar-refractivity contribution >= 4 is 21.6 Å². The van der Waals surface area contributed by atoms with Crippen molar-refractivity contribution < 1.29 is 0 Å². The molecular formula is C11H10N2OS. The minimum atomic E-state index is -0.156. The van der Waals surface area contributed by atoms with Crippen molar-refractivity contribution in [2.24, 2.45) is 0 Å². The Morgan fingerprint density at radius 2 is 2.27 bits per heavy atom. The van der Waals surface area contributed by atoms with Gasteiger partial charge in [0.2, 0.25) is 5.43 Å². The Labute approximate surface area is 91.0 Å². The van der Waals surface area contributed by atoms with Gasteiger partial charge in [-0.05, 0) is 17.4 Å². The first kappa shape index (κ1) is 9.94. The summed E-state index contributed by atoms with van der Waals surface area (Å²) < 4.78 is 0. The standard InChI is InChI=1S/C11H10N2OS/c1-6(2)9-8(5-12)10(14)7-3-4-15-11(7)13-9/h3-4,6H,1-2H3,(H,13,14). The lowest BCUT2D eigenvalue weighted by Gasteiger charge is -2.07. The second-order valence-electron chi connectivity index (χ2n) is 3.67. The van der Waals surface area contributed by atoms with Gasteiger partial charge in [0.1, 0.15) is 16.5 Å². The van der Waals surface area contributed by atoms with Gasteiger partial charge in [-0.2, -0.15) is 5.26 Å². The third-order valence-electron chi connectivity index (χ3n) is 2.34. The molecule has 4 heteroatoms. The number of aromatic nitrogens is 1. The molecule has 3 nitrogen and oxygen atoms in total. The number of hydrogen-bond donors (Lipinski definition) is 1. The molecule has 0 amide bonds. The van der Waals surface area contributed by atoms with Gasteiger partial charge in [-0.1, -0.05) is 13.8 Å². The van der Waals surface area contributed by atoms with Crippen LogP contribution < -0.4 is 5.43 Å². The number of nitrogens with zero attached hydrogens (tertiary/aromatic N) is 1. The maximum Gasteiger partial charge on any atom is 0.208 e. The Bertz CT molecular complexity index is 601. The summed E-state index contributed by atoms with van der Waals surface area (Å²) in [6, 6.07) is 3.74. The number of aromatic amines is 1. The molecule has 2 aromatic rings. The molecule has 2 heterocycles. The molecule has 0 radical (unpaired) electrons. The normalized spacial score (nSPS) is 10.8. The zero-order chi connectivity index (χ0) is 11.0. The van der Waals surface area contributed by atoms with E-state index in [9.17, 15) is 4.79 Å². The second kappa shape index (κ2) is 3.52. The van der Waals surface area contributed by atoms with Crippen LogP contribution in [0.2, 0.25) is 0 Å². The number of rotatable bonds is 1. The van der Waals surface area contributed by atoms with Crippen LogP contribution in [0, 0.1) is 11.3 Å². The Hall–Kier alpha value is -1.60. The predicted octanol–water partition coefficient (Wildman–Crippen LogP) is 2.58. The fraction of sp³-hybridized carbons (Fsp3) is 0.273. The second-order valence-corrected chi connectivity index (χ2v) is 4.59. The Morgan fingerprint density at radius 1 is 1.53 bits per heavy atom. The summed E-state index contributed by atoms with van der Waals surface area (Å²) in [5.41, 5.74) is 0.824. The molecule has 0 aliphatic heterocycles. The molecule has 0 aliphatic carbocycles. The molecule has 76 valence electrons. The third kappa shape index (κ3) is 1.45. The van der Waals surface area contributed by atoms with Crippen molar-refractivity contribution in [2.45, 2.75) is 19.8 Å². The predicted molar refractivity (Wildman–Crippen MR) is 61.2 cm³/mol. The van der Waals surface area contributed by atoms with Crippen LogP contribution in [0.3, 0.4) is 0 Å². The van der Waals surface area contributed by atoms with Crippen molar-refractivity contribution in [1.82, 2.24) is 4.98 Å². The van der Waals surface area contributed by atoms with E-state index in [0.29, 0.717) is 5.39 Å². The highest BCUT2D eigenvalue weighted by Gasteiger charge is 2.14. The zero-order valence-electron chi connectivity index (χ0n) is 8.50. The van der Waals surface area contributed by atoms with E-state index in [-0.39, 0.29) is 16.9 Å². The lowest BCUT2D eigenvalue weighted by molar-refractivity contribution is 0.824.